The minimum atomic E-state index is -0.165. The lowest BCUT2D eigenvalue weighted by Crippen LogP contribution is -2.39. The summed E-state index contributed by atoms with van der Waals surface area (Å²) in [5.74, 6) is 0.570. The first-order valence-electron chi connectivity index (χ1n) is 6.54. The molecule has 0 atom stereocenters. The highest BCUT2D eigenvalue weighted by Gasteiger charge is 2.03. The molecule has 0 aromatic heterocycles. The van der Waals surface area contributed by atoms with Crippen molar-refractivity contribution >= 4 is 21.9 Å². The molecule has 1 aromatic carbocycles. The fourth-order valence-corrected chi connectivity index (χ4v) is 2.04. The number of aryl methyl sites for hydroxylation is 1. The van der Waals surface area contributed by atoms with E-state index in [9.17, 15) is 4.39 Å². The largest absolute Gasteiger partial charge is 0.383 e. The van der Waals surface area contributed by atoms with Crippen LogP contribution in [0, 0.1) is 5.82 Å². The Hall–Kier alpha value is -1.14. The Labute approximate surface area is 127 Å². The number of rotatable bonds is 7. The maximum atomic E-state index is 13.6. The van der Waals surface area contributed by atoms with E-state index in [-0.39, 0.29) is 5.82 Å². The molecule has 0 aliphatic heterocycles. The van der Waals surface area contributed by atoms with Gasteiger partial charge in [0.05, 0.1) is 6.61 Å². The highest BCUT2D eigenvalue weighted by atomic mass is 79.9. The summed E-state index contributed by atoms with van der Waals surface area (Å²) in [6.07, 6.45) is 1.53. The Balaban J connectivity index is 2.26. The molecule has 112 valence electrons. The Kier molecular flexibility index (Phi) is 8.22. The van der Waals surface area contributed by atoms with Gasteiger partial charge in [0, 0.05) is 31.7 Å². The summed E-state index contributed by atoms with van der Waals surface area (Å²) < 4.78 is 19.3. The van der Waals surface area contributed by atoms with Crippen LogP contribution in [0.15, 0.2) is 27.7 Å². The van der Waals surface area contributed by atoms with Crippen LogP contribution in [-0.2, 0) is 11.2 Å². The zero-order valence-corrected chi connectivity index (χ0v) is 13.5. The predicted molar refractivity (Wildman–Crippen MR) is 83.7 cm³/mol. The Morgan fingerprint density at radius 1 is 1.35 bits per heavy atom. The third-order valence-electron chi connectivity index (χ3n) is 2.75. The van der Waals surface area contributed by atoms with Gasteiger partial charge >= 0.3 is 0 Å². The minimum Gasteiger partial charge on any atom is -0.383 e. The summed E-state index contributed by atoms with van der Waals surface area (Å²) in [7, 11) is 3.38. The second kappa shape index (κ2) is 9.72. The number of hydrogen-bond donors (Lipinski definition) is 2. The second-order valence-electron chi connectivity index (χ2n) is 4.26. The normalized spacial score (nSPS) is 11.5. The van der Waals surface area contributed by atoms with Gasteiger partial charge in [-0.05, 0) is 30.5 Å². The van der Waals surface area contributed by atoms with Crippen molar-refractivity contribution in [3.05, 3.63) is 34.1 Å². The van der Waals surface area contributed by atoms with Crippen molar-refractivity contribution in [2.24, 2.45) is 4.99 Å². The van der Waals surface area contributed by atoms with Crippen LogP contribution in [0.1, 0.15) is 12.0 Å². The number of guanidine groups is 1. The molecule has 0 aliphatic rings. The monoisotopic (exact) mass is 345 g/mol. The number of aliphatic imine (C=N–C) groups is 1. The summed E-state index contributed by atoms with van der Waals surface area (Å²) in [6.45, 7) is 2.07. The van der Waals surface area contributed by atoms with Crippen LogP contribution in [0.25, 0.3) is 0 Å². The van der Waals surface area contributed by atoms with Crippen LogP contribution in [0.3, 0.4) is 0 Å². The molecule has 2 N–H and O–H groups in total. The van der Waals surface area contributed by atoms with Gasteiger partial charge in [-0.1, -0.05) is 22.0 Å². The van der Waals surface area contributed by atoms with Gasteiger partial charge in [-0.3, -0.25) is 4.99 Å². The molecular weight excluding hydrogens is 325 g/mol. The van der Waals surface area contributed by atoms with Crippen molar-refractivity contribution in [2.45, 2.75) is 12.8 Å². The molecule has 1 rings (SSSR count). The van der Waals surface area contributed by atoms with E-state index in [0.29, 0.717) is 19.6 Å². The lowest BCUT2D eigenvalue weighted by atomic mass is 10.1. The Morgan fingerprint density at radius 3 is 2.75 bits per heavy atom. The second-order valence-corrected chi connectivity index (χ2v) is 5.17. The van der Waals surface area contributed by atoms with Crippen molar-refractivity contribution in [1.82, 2.24) is 10.6 Å². The molecule has 0 radical (unpaired) electrons. The Morgan fingerprint density at radius 2 is 2.10 bits per heavy atom. The third kappa shape index (κ3) is 6.34. The van der Waals surface area contributed by atoms with Gasteiger partial charge in [0.2, 0.25) is 0 Å². The summed E-state index contributed by atoms with van der Waals surface area (Å²) in [5.41, 5.74) is 0.734. The smallest absolute Gasteiger partial charge is 0.191 e. The van der Waals surface area contributed by atoms with Crippen LogP contribution in [0.2, 0.25) is 0 Å². The number of methoxy groups -OCH3 is 1. The van der Waals surface area contributed by atoms with Gasteiger partial charge in [-0.25, -0.2) is 4.39 Å². The SMILES string of the molecule is CN=C(NCCCc1ccc(Br)cc1F)NCCOC. The predicted octanol–water partition coefficient (Wildman–Crippen LogP) is 2.33. The highest BCUT2D eigenvalue weighted by molar-refractivity contribution is 9.10. The molecular formula is C14H21BrFN3O. The van der Waals surface area contributed by atoms with Crippen LogP contribution >= 0.6 is 15.9 Å². The summed E-state index contributed by atoms with van der Waals surface area (Å²) in [5, 5.41) is 6.30. The standard InChI is InChI=1S/C14H21BrFN3O/c1-17-14(19-8-9-20-2)18-7-3-4-11-5-6-12(15)10-13(11)16/h5-6,10H,3-4,7-9H2,1-2H3,(H2,17,18,19). The average molecular weight is 346 g/mol. The van der Waals surface area contributed by atoms with E-state index in [1.54, 1.807) is 14.2 Å². The van der Waals surface area contributed by atoms with Gasteiger partial charge < -0.3 is 15.4 Å². The highest BCUT2D eigenvalue weighted by Crippen LogP contribution is 2.16. The molecule has 0 saturated carbocycles. The molecule has 0 unspecified atom stereocenters. The van der Waals surface area contributed by atoms with Gasteiger partial charge in [0.25, 0.3) is 0 Å². The van der Waals surface area contributed by atoms with E-state index in [0.717, 1.165) is 29.0 Å². The van der Waals surface area contributed by atoms with E-state index in [4.69, 9.17) is 4.74 Å². The van der Waals surface area contributed by atoms with E-state index in [1.807, 2.05) is 12.1 Å². The van der Waals surface area contributed by atoms with Crippen molar-refractivity contribution in [3.8, 4) is 0 Å². The van der Waals surface area contributed by atoms with E-state index in [2.05, 4.69) is 31.6 Å². The summed E-state index contributed by atoms with van der Waals surface area (Å²) in [6, 6.07) is 5.16. The van der Waals surface area contributed by atoms with E-state index >= 15 is 0 Å². The van der Waals surface area contributed by atoms with Crippen molar-refractivity contribution in [3.63, 3.8) is 0 Å². The fourth-order valence-electron chi connectivity index (χ4n) is 1.70. The molecule has 0 aliphatic carbocycles. The van der Waals surface area contributed by atoms with E-state index in [1.165, 1.54) is 6.07 Å². The molecule has 0 saturated heterocycles. The van der Waals surface area contributed by atoms with Gasteiger partial charge in [-0.2, -0.15) is 0 Å². The van der Waals surface area contributed by atoms with Crippen LogP contribution < -0.4 is 10.6 Å². The maximum absolute atomic E-state index is 13.6. The average Bonchev–Trinajstić information content (AvgIpc) is 2.43. The first-order chi connectivity index (χ1) is 9.67. The molecule has 0 heterocycles. The summed E-state index contributed by atoms with van der Waals surface area (Å²) >= 11 is 3.25. The van der Waals surface area contributed by atoms with Gasteiger partial charge in [-0.15, -0.1) is 0 Å². The Bertz CT molecular complexity index is 440. The molecule has 1 aromatic rings. The number of nitrogens with one attached hydrogen (secondary N) is 2. The van der Waals surface area contributed by atoms with Gasteiger partial charge in [0.15, 0.2) is 5.96 Å². The summed E-state index contributed by atoms with van der Waals surface area (Å²) in [4.78, 5) is 4.09. The number of halogens is 2. The molecule has 6 heteroatoms. The van der Waals surface area contributed by atoms with E-state index < -0.39 is 0 Å². The lowest BCUT2D eigenvalue weighted by Gasteiger charge is -2.11. The zero-order chi connectivity index (χ0) is 14.8. The molecule has 0 amide bonds. The molecule has 4 nitrogen and oxygen atoms in total. The number of benzene rings is 1. The third-order valence-corrected chi connectivity index (χ3v) is 3.25. The van der Waals surface area contributed by atoms with Gasteiger partial charge in [0.1, 0.15) is 5.82 Å². The number of nitrogens with zero attached hydrogens (tertiary/aromatic N) is 1. The van der Waals surface area contributed by atoms with Crippen molar-refractivity contribution in [2.75, 3.05) is 33.9 Å². The number of ether oxygens (including phenoxy) is 1. The minimum absolute atomic E-state index is 0.165. The number of hydrogen-bond acceptors (Lipinski definition) is 2. The quantitative estimate of drug-likeness (QED) is 0.453. The topological polar surface area (TPSA) is 45.7 Å². The van der Waals surface area contributed by atoms with Crippen molar-refractivity contribution in [1.29, 1.82) is 0 Å². The first-order valence-corrected chi connectivity index (χ1v) is 7.34. The molecule has 0 fully saturated rings. The lowest BCUT2D eigenvalue weighted by molar-refractivity contribution is 0.203. The van der Waals surface area contributed by atoms with Crippen LogP contribution in [0.4, 0.5) is 4.39 Å². The molecule has 0 bridgehead atoms. The fraction of sp³-hybridized carbons (Fsp3) is 0.500. The van der Waals surface area contributed by atoms with Crippen LogP contribution in [0.5, 0.6) is 0 Å². The zero-order valence-electron chi connectivity index (χ0n) is 11.9. The first kappa shape index (κ1) is 16.9. The molecule has 20 heavy (non-hydrogen) atoms. The molecule has 0 spiro atoms. The van der Waals surface area contributed by atoms with Crippen molar-refractivity contribution < 1.29 is 9.13 Å². The van der Waals surface area contributed by atoms with Crippen LogP contribution in [-0.4, -0.2) is 39.8 Å². The maximum Gasteiger partial charge on any atom is 0.191 e.